The van der Waals surface area contributed by atoms with Crippen molar-refractivity contribution >= 4 is 21.9 Å². The zero-order valence-electron chi connectivity index (χ0n) is 14.0. The summed E-state index contributed by atoms with van der Waals surface area (Å²) in [5.41, 5.74) is -0.166. The quantitative estimate of drug-likeness (QED) is 0.620. The molecule has 11 heteroatoms. The van der Waals surface area contributed by atoms with Crippen LogP contribution in [0, 0.1) is 5.92 Å². The van der Waals surface area contributed by atoms with E-state index in [0.717, 1.165) is 24.3 Å². The molecule has 1 amide bonds. The van der Waals surface area contributed by atoms with Crippen molar-refractivity contribution in [2.45, 2.75) is 37.4 Å². The number of hydrogen-bond acceptors (Lipinski definition) is 4. The summed E-state index contributed by atoms with van der Waals surface area (Å²) in [7, 11) is -3.78. The lowest BCUT2D eigenvalue weighted by molar-refractivity contribution is -0.157. The van der Waals surface area contributed by atoms with Gasteiger partial charge in [-0.25, -0.2) is 17.9 Å². The first kappa shape index (κ1) is 21.9. The van der Waals surface area contributed by atoms with Gasteiger partial charge in [0.25, 0.3) is 5.91 Å². The molecule has 0 radical (unpaired) electrons. The summed E-state index contributed by atoms with van der Waals surface area (Å²) in [6.45, 7) is 3.84. The van der Waals surface area contributed by atoms with Gasteiger partial charge in [-0.2, -0.15) is 13.2 Å². The van der Waals surface area contributed by atoms with E-state index in [1.807, 2.05) is 13.8 Å². The van der Waals surface area contributed by atoms with Crippen LogP contribution < -0.4 is 10.0 Å². The molecule has 1 aromatic carbocycles. The molecule has 0 aliphatic rings. The number of carboxylic acid groups (broad SMARTS) is 1. The molecule has 0 saturated carbocycles. The topological polar surface area (TPSA) is 113 Å². The molecule has 1 unspecified atom stereocenters. The average molecular weight is 396 g/mol. The second kappa shape index (κ2) is 8.49. The first-order valence-corrected chi connectivity index (χ1v) is 9.00. The fourth-order valence-corrected chi connectivity index (χ4v) is 3.03. The summed E-state index contributed by atoms with van der Waals surface area (Å²) in [4.78, 5) is 22.6. The molecule has 26 heavy (non-hydrogen) atoms. The Morgan fingerprint density at radius 3 is 2.12 bits per heavy atom. The highest BCUT2D eigenvalue weighted by Gasteiger charge is 2.36. The number of halogens is 3. The minimum Gasteiger partial charge on any atom is -0.480 e. The minimum absolute atomic E-state index is 0.0800. The van der Waals surface area contributed by atoms with E-state index < -0.39 is 40.5 Å². The van der Waals surface area contributed by atoms with Crippen molar-refractivity contribution in [1.29, 1.82) is 0 Å². The fraction of sp³-hybridized carbons (Fsp3) is 0.467. The highest BCUT2D eigenvalue weighted by Crippen LogP contribution is 2.22. The second-order valence-corrected chi connectivity index (χ2v) is 7.72. The maximum atomic E-state index is 12.3. The van der Waals surface area contributed by atoms with E-state index in [-0.39, 0.29) is 22.9 Å². The zero-order chi connectivity index (χ0) is 20.1. The first-order chi connectivity index (χ1) is 11.8. The summed E-state index contributed by atoms with van der Waals surface area (Å²) < 4.78 is 63.5. The standard InChI is InChI=1S/C15H19F3N2O5S/c1-9(2)8-19-26(24,25)11-5-3-10(4-6-11)13(21)20-12(14(22)23)7-15(16,17)18/h3-6,9,12,19H,7-8H2,1-2H3,(H,20,21)(H,22,23). The Hall–Kier alpha value is -2.14. The normalized spacial score (nSPS) is 13.5. The van der Waals surface area contributed by atoms with Crippen LogP contribution in [0.25, 0.3) is 0 Å². The summed E-state index contributed by atoms with van der Waals surface area (Å²) >= 11 is 0. The van der Waals surface area contributed by atoms with Gasteiger partial charge in [0.1, 0.15) is 6.04 Å². The van der Waals surface area contributed by atoms with E-state index in [4.69, 9.17) is 5.11 Å². The van der Waals surface area contributed by atoms with Gasteiger partial charge in [0.05, 0.1) is 11.3 Å². The predicted molar refractivity (Wildman–Crippen MR) is 86.0 cm³/mol. The number of carbonyl (C=O) groups excluding carboxylic acids is 1. The summed E-state index contributed by atoms with van der Waals surface area (Å²) in [6, 6.07) is 2.25. The SMILES string of the molecule is CC(C)CNS(=O)(=O)c1ccc(C(=O)NC(CC(F)(F)F)C(=O)O)cc1. The van der Waals surface area contributed by atoms with E-state index >= 15 is 0 Å². The van der Waals surface area contributed by atoms with Crippen LogP contribution in [0.3, 0.4) is 0 Å². The van der Waals surface area contributed by atoms with E-state index in [0.29, 0.717) is 0 Å². The molecule has 1 atom stereocenters. The largest absolute Gasteiger partial charge is 0.480 e. The molecule has 1 rings (SSSR count). The monoisotopic (exact) mass is 396 g/mol. The van der Waals surface area contributed by atoms with Crippen LogP contribution in [-0.2, 0) is 14.8 Å². The Bertz CT molecular complexity index is 746. The van der Waals surface area contributed by atoms with Gasteiger partial charge in [-0.1, -0.05) is 13.8 Å². The van der Waals surface area contributed by atoms with Crippen LogP contribution in [0.5, 0.6) is 0 Å². The molecule has 0 aliphatic heterocycles. The van der Waals surface area contributed by atoms with Gasteiger partial charge in [0, 0.05) is 12.1 Å². The first-order valence-electron chi connectivity index (χ1n) is 7.52. The molecule has 1 aromatic rings. The Morgan fingerprint density at radius 2 is 1.69 bits per heavy atom. The van der Waals surface area contributed by atoms with Crippen molar-refractivity contribution in [3.63, 3.8) is 0 Å². The van der Waals surface area contributed by atoms with Crippen molar-refractivity contribution in [3.05, 3.63) is 29.8 Å². The number of sulfonamides is 1. The number of nitrogens with one attached hydrogen (secondary N) is 2. The van der Waals surface area contributed by atoms with Gasteiger partial charge in [0.15, 0.2) is 0 Å². The fourth-order valence-electron chi connectivity index (χ4n) is 1.82. The van der Waals surface area contributed by atoms with Crippen LogP contribution >= 0.6 is 0 Å². The minimum atomic E-state index is -4.77. The molecule has 0 aromatic heterocycles. The number of hydrogen-bond donors (Lipinski definition) is 3. The van der Waals surface area contributed by atoms with E-state index in [2.05, 4.69) is 4.72 Å². The van der Waals surface area contributed by atoms with Crippen molar-refractivity contribution in [1.82, 2.24) is 10.0 Å². The molecule has 146 valence electrons. The highest BCUT2D eigenvalue weighted by molar-refractivity contribution is 7.89. The number of aliphatic carboxylic acids is 1. The summed E-state index contributed by atoms with van der Waals surface area (Å²) in [6.07, 6.45) is -6.49. The summed E-state index contributed by atoms with van der Waals surface area (Å²) in [5, 5.41) is 10.5. The lowest BCUT2D eigenvalue weighted by Crippen LogP contribution is -2.43. The highest BCUT2D eigenvalue weighted by atomic mass is 32.2. The summed E-state index contributed by atoms with van der Waals surface area (Å²) in [5.74, 6) is -2.80. The van der Waals surface area contributed by atoms with Crippen LogP contribution in [-0.4, -0.2) is 44.2 Å². The molecule has 0 bridgehead atoms. The Labute approximate surface area is 148 Å². The van der Waals surface area contributed by atoms with Crippen LogP contribution in [0.15, 0.2) is 29.2 Å². The predicted octanol–water partition coefficient (Wildman–Crippen LogP) is 1.76. The van der Waals surface area contributed by atoms with Crippen molar-refractivity contribution < 1.29 is 36.3 Å². The van der Waals surface area contributed by atoms with E-state index in [1.165, 1.54) is 0 Å². The second-order valence-electron chi connectivity index (χ2n) is 5.95. The van der Waals surface area contributed by atoms with E-state index in [9.17, 15) is 31.2 Å². The van der Waals surface area contributed by atoms with Crippen LogP contribution in [0.1, 0.15) is 30.6 Å². The van der Waals surface area contributed by atoms with Crippen molar-refractivity contribution in [2.75, 3.05) is 6.54 Å². The lowest BCUT2D eigenvalue weighted by atomic mass is 10.1. The molecule has 0 saturated heterocycles. The number of carbonyl (C=O) groups is 2. The molecule has 3 N–H and O–H groups in total. The third-order valence-corrected chi connectivity index (χ3v) is 4.59. The Morgan fingerprint density at radius 1 is 1.15 bits per heavy atom. The number of carboxylic acids is 1. The maximum Gasteiger partial charge on any atom is 0.391 e. The van der Waals surface area contributed by atoms with Crippen molar-refractivity contribution in [2.24, 2.45) is 5.92 Å². The molecule has 0 fully saturated rings. The molecule has 0 spiro atoms. The third-order valence-electron chi connectivity index (χ3n) is 3.15. The van der Waals surface area contributed by atoms with Crippen molar-refractivity contribution in [3.8, 4) is 0 Å². The Kier molecular flexibility index (Phi) is 7.16. The van der Waals surface area contributed by atoms with Gasteiger partial charge in [0.2, 0.25) is 10.0 Å². The number of amides is 1. The number of rotatable bonds is 8. The number of benzene rings is 1. The molecule has 0 heterocycles. The van der Waals surface area contributed by atoms with Gasteiger partial charge >= 0.3 is 12.1 Å². The molecular formula is C15H19F3N2O5S. The lowest BCUT2D eigenvalue weighted by Gasteiger charge is -2.16. The van der Waals surface area contributed by atoms with Crippen LogP contribution in [0.4, 0.5) is 13.2 Å². The van der Waals surface area contributed by atoms with Gasteiger partial charge in [-0.3, -0.25) is 4.79 Å². The molecule has 0 aliphatic carbocycles. The smallest absolute Gasteiger partial charge is 0.391 e. The molecular weight excluding hydrogens is 377 g/mol. The van der Waals surface area contributed by atoms with Crippen LogP contribution in [0.2, 0.25) is 0 Å². The average Bonchev–Trinajstić information content (AvgIpc) is 2.51. The number of alkyl halides is 3. The van der Waals surface area contributed by atoms with Gasteiger partial charge < -0.3 is 10.4 Å². The van der Waals surface area contributed by atoms with E-state index in [1.54, 1.807) is 5.32 Å². The van der Waals surface area contributed by atoms with Gasteiger partial charge in [-0.05, 0) is 30.2 Å². The molecule has 7 nitrogen and oxygen atoms in total. The van der Waals surface area contributed by atoms with Gasteiger partial charge in [-0.15, -0.1) is 0 Å². The maximum absolute atomic E-state index is 12.3. The zero-order valence-corrected chi connectivity index (χ0v) is 14.8. The Balaban J connectivity index is 2.87. The third kappa shape index (κ3) is 7.00.